The molecule has 1 aliphatic heterocycles. The van der Waals surface area contributed by atoms with Crippen LogP contribution in [0.1, 0.15) is 27.7 Å². The highest BCUT2D eigenvalue weighted by molar-refractivity contribution is 7.87. The zero-order valence-corrected chi connectivity index (χ0v) is 13.5. The van der Waals surface area contributed by atoms with Crippen LogP contribution in [-0.2, 0) is 19.0 Å². The molecule has 0 aromatic carbocycles. The summed E-state index contributed by atoms with van der Waals surface area (Å²) in [5.41, 5.74) is -7.33. The molecule has 6 nitrogen and oxygen atoms in total. The van der Waals surface area contributed by atoms with Gasteiger partial charge in [-0.1, -0.05) is 6.58 Å². The van der Waals surface area contributed by atoms with E-state index < -0.39 is 38.5 Å². The molecule has 0 spiro atoms. The van der Waals surface area contributed by atoms with Crippen molar-refractivity contribution in [3.63, 3.8) is 0 Å². The highest BCUT2D eigenvalue weighted by atomic mass is 32.2. The van der Waals surface area contributed by atoms with Crippen LogP contribution in [0.25, 0.3) is 0 Å². The number of hydrogen-bond donors (Lipinski definition) is 0. The van der Waals surface area contributed by atoms with Crippen LogP contribution in [-0.4, -0.2) is 43.6 Å². The second-order valence-electron chi connectivity index (χ2n) is 6.30. The Kier molecular flexibility index (Phi) is 4.50. The van der Waals surface area contributed by atoms with Crippen molar-refractivity contribution < 1.29 is 35.3 Å². The quantitative estimate of drug-likeness (QED) is 0.447. The highest BCUT2D eigenvalue weighted by Gasteiger charge is 2.53. The lowest BCUT2D eigenvalue weighted by atomic mass is 9.81. The van der Waals surface area contributed by atoms with Crippen LogP contribution in [0.4, 0.5) is 18.0 Å². The average Bonchev–Trinajstić information content (AvgIpc) is 2.19. The van der Waals surface area contributed by atoms with E-state index in [4.69, 9.17) is 4.74 Å². The van der Waals surface area contributed by atoms with Crippen LogP contribution in [0.15, 0.2) is 12.3 Å². The predicted octanol–water partition coefficient (Wildman–Crippen LogP) is 2.62. The normalized spacial score (nSPS) is 18.4. The van der Waals surface area contributed by atoms with Crippen molar-refractivity contribution in [2.24, 2.45) is 5.41 Å². The zero-order chi connectivity index (χ0) is 17.6. The Morgan fingerprint density at radius 3 is 2.05 bits per heavy atom. The Morgan fingerprint density at radius 1 is 1.23 bits per heavy atom. The van der Waals surface area contributed by atoms with Crippen molar-refractivity contribution in [2.75, 3.05) is 13.1 Å². The summed E-state index contributed by atoms with van der Waals surface area (Å²) < 4.78 is 67.7. The summed E-state index contributed by atoms with van der Waals surface area (Å²) >= 11 is 0. The monoisotopic (exact) mass is 345 g/mol. The molecule has 1 fully saturated rings. The number of carbonyl (C=O) groups is 1. The minimum absolute atomic E-state index is 0.0475. The molecule has 1 aliphatic rings. The number of alkyl halides is 3. The summed E-state index contributed by atoms with van der Waals surface area (Å²) in [7, 11) is -5.76. The maximum atomic E-state index is 12.3. The third kappa shape index (κ3) is 4.05. The van der Waals surface area contributed by atoms with Crippen LogP contribution in [0, 0.1) is 5.41 Å². The second kappa shape index (κ2) is 5.32. The molecule has 0 N–H and O–H groups in total. The summed E-state index contributed by atoms with van der Waals surface area (Å²) in [4.78, 5) is 13.0. The molecule has 0 radical (unpaired) electrons. The Hall–Kier alpha value is -1.45. The minimum Gasteiger partial charge on any atom is -0.444 e. The summed E-state index contributed by atoms with van der Waals surface area (Å²) in [6, 6.07) is 0. The molecule has 10 heteroatoms. The van der Waals surface area contributed by atoms with Gasteiger partial charge in [0.15, 0.2) is 0 Å². The second-order valence-corrected chi connectivity index (χ2v) is 7.84. The number of amides is 1. The highest BCUT2D eigenvalue weighted by Crippen LogP contribution is 2.40. The van der Waals surface area contributed by atoms with E-state index in [2.05, 4.69) is 10.8 Å². The number of halogens is 3. The SMILES string of the molecule is C=C(OS(=O)(=O)C(F)(F)F)C1(C)CN(C(=O)OC(C)(C)C)C1. The first-order chi connectivity index (χ1) is 9.57. The summed E-state index contributed by atoms with van der Waals surface area (Å²) in [5, 5.41) is 0. The lowest BCUT2D eigenvalue weighted by Crippen LogP contribution is -2.59. The molecule has 0 aliphatic carbocycles. The van der Waals surface area contributed by atoms with Gasteiger partial charge in [-0.2, -0.15) is 21.6 Å². The average molecular weight is 345 g/mol. The standard InChI is InChI=1S/C12H18F3NO5S/c1-8(21-22(18,19)12(13,14)15)11(5)6-16(7-11)9(17)20-10(2,3)4/h1,6-7H2,2-5H3. The third-order valence-corrected chi connectivity index (χ3v) is 3.89. The molecule has 0 unspecified atom stereocenters. The van der Waals surface area contributed by atoms with E-state index in [-0.39, 0.29) is 13.1 Å². The van der Waals surface area contributed by atoms with Gasteiger partial charge in [0.2, 0.25) is 0 Å². The Morgan fingerprint density at radius 2 is 1.68 bits per heavy atom. The molecule has 22 heavy (non-hydrogen) atoms. The maximum absolute atomic E-state index is 12.3. The maximum Gasteiger partial charge on any atom is 0.534 e. The summed E-state index contributed by atoms with van der Waals surface area (Å²) in [5.74, 6) is -0.565. The van der Waals surface area contributed by atoms with Crippen LogP contribution in [0.2, 0.25) is 0 Å². The number of likely N-dealkylation sites (tertiary alicyclic amines) is 1. The minimum atomic E-state index is -5.76. The molecular formula is C12H18F3NO5S. The van der Waals surface area contributed by atoms with Crippen LogP contribution in [0.3, 0.4) is 0 Å². The molecule has 0 atom stereocenters. The molecule has 0 saturated carbocycles. The third-order valence-electron chi connectivity index (χ3n) is 2.90. The van der Waals surface area contributed by atoms with Gasteiger partial charge >= 0.3 is 21.7 Å². The molecular weight excluding hydrogens is 327 g/mol. The lowest BCUT2D eigenvalue weighted by Gasteiger charge is -2.47. The number of nitrogens with zero attached hydrogens (tertiary/aromatic N) is 1. The van der Waals surface area contributed by atoms with Gasteiger partial charge in [0.1, 0.15) is 11.4 Å². The molecule has 128 valence electrons. The lowest BCUT2D eigenvalue weighted by molar-refractivity contribution is -0.0572. The largest absolute Gasteiger partial charge is 0.534 e. The van der Waals surface area contributed by atoms with E-state index in [1.165, 1.54) is 11.8 Å². The van der Waals surface area contributed by atoms with Gasteiger partial charge in [-0.3, -0.25) is 0 Å². The van der Waals surface area contributed by atoms with Crippen LogP contribution in [0.5, 0.6) is 0 Å². The van der Waals surface area contributed by atoms with Crippen molar-refractivity contribution in [1.29, 1.82) is 0 Å². The Bertz CT molecular complexity index is 571. The van der Waals surface area contributed by atoms with Crippen molar-refractivity contribution >= 4 is 16.2 Å². The van der Waals surface area contributed by atoms with Crippen LogP contribution >= 0.6 is 0 Å². The molecule has 1 saturated heterocycles. The fourth-order valence-electron chi connectivity index (χ4n) is 1.71. The van der Waals surface area contributed by atoms with Gasteiger partial charge in [0, 0.05) is 13.1 Å². The zero-order valence-electron chi connectivity index (χ0n) is 12.7. The molecule has 1 rings (SSSR count). The molecule has 0 aromatic rings. The van der Waals surface area contributed by atoms with Gasteiger partial charge in [0.25, 0.3) is 0 Å². The van der Waals surface area contributed by atoms with Crippen molar-refractivity contribution in [3.8, 4) is 0 Å². The van der Waals surface area contributed by atoms with Gasteiger partial charge in [0.05, 0.1) is 5.41 Å². The number of ether oxygens (including phenoxy) is 1. The van der Waals surface area contributed by atoms with E-state index in [0.717, 1.165) is 0 Å². The first-order valence-electron chi connectivity index (χ1n) is 6.25. The number of rotatable bonds is 3. The van der Waals surface area contributed by atoms with Crippen molar-refractivity contribution in [3.05, 3.63) is 12.3 Å². The smallest absolute Gasteiger partial charge is 0.444 e. The van der Waals surface area contributed by atoms with Gasteiger partial charge in [-0.25, -0.2) is 4.79 Å². The summed E-state index contributed by atoms with van der Waals surface area (Å²) in [6.45, 7) is 9.59. The molecule has 0 aromatic heterocycles. The van der Waals surface area contributed by atoms with E-state index in [1.807, 2.05) is 0 Å². The first-order valence-corrected chi connectivity index (χ1v) is 7.66. The number of carbonyl (C=O) groups excluding carboxylic acids is 1. The fraction of sp³-hybridized carbons (Fsp3) is 0.750. The van der Waals surface area contributed by atoms with Gasteiger partial charge < -0.3 is 13.8 Å². The van der Waals surface area contributed by atoms with Gasteiger partial charge in [-0.15, -0.1) is 0 Å². The molecule has 1 amide bonds. The Balaban J connectivity index is 2.66. The van der Waals surface area contributed by atoms with E-state index in [1.54, 1.807) is 20.8 Å². The van der Waals surface area contributed by atoms with E-state index >= 15 is 0 Å². The number of hydrogen-bond acceptors (Lipinski definition) is 5. The van der Waals surface area contributed by atoms with Gasteiger partial charge in [-0.05, 0) is 27.7 Å². The van der Waals surface area contributed by atoms with E-state index in [9.17, 15) is 26.4 Å². The summed E-state index contributed by atoms with van der Waals surface area (Å²) in [6.07, 6.45) is -0.642. The van der Waals surface area contributed by atoms with Crippen molar-refractivity contribution in [1.82, 2.24) is 4.90 Å². The Labute approximate surface area is 127 Å². The topological polar surface area (TPSA) is 72.9 Å². The fourth-order valence-corrected chi connectivity index (χ4v) is 2.27. The molecule has 0 bridgehead atoms. The molecule has 1 heterocycles. The van der Waals surface area contributed by atoms with Crippen LogP contribution < -0.4 is 0 Å². The first kappa shape index (κ1) is 18.6. The predicted molar refractivity (Wildman–Crippen MR) is 71.1 cm³/mol. The van der Waals surface area contributed by atoms with E-state index in [0.29, 0.717) is 0 Å². The van der Waals surface area contributed by atoms with Crippen molar-refractivity contribution in [2.45, 2.75) is 38.8 Å².